The molecule has 6 nitrogen and oxygen atoms in total. The van der Waals surface area contributed by atoms with Crippen LogP contribution in [0.1, 0.15) is 19.7 Å². The first-order chi connectivity index (χ1) is 7.52. The van der Waals surface area contributed by atoms with Crippen LogP contribution in [-0.2, 0) is 9.53 Å². The molecule has 0 bridgehead atoms. The number of aromatic nitrogens is 2. The zero-order valence-corrected chi connectivity index (χ0v) is 9.65. The Morgan fingerprint density at radius 3 is 2.88 bits per heavy atom. The first kappa shape index (κ1) is 12.2. The van der Waals surface area contributed by atoms with E-state index in [1.54, 1.807) is 26.8 Å². The number of nitrogens with two attached hydrogens (primary N) is 1. The van der Waals surface area contributed by atoms with E-state index in [1.165, 1.54) is 0 Å². The van der Waals surface area contributed by atoms with Crippen LogP contribution in [0.4, 0.5) is 11.6 Å². The Labute approximate surface area is 94.2 Å². The van der Waals surface area contributed by atoms with Gasteiger partial charge in [-0.2, -0.15) is 0 Å². The lowest BCUT2D eigenvalue weighted by atomic mass is 10.3. The summed E-state index contributed by atoms with van der Waals surface area (Å²) >= 11 is 0. The standard InChI is InChI=1S/C10H16N4O2/c1-4-16-10(15)6(2)12-9-5-8(11)13-7(3)14-9/h5-6H,4H2,1-3H3,(H3,11,12,13,14). The molecule has 1 rings (SSSR count). The number of hydrogen-bond acceptors (Lipinski definition) is 6. The van der Waals surface area contributed by atoms with Gasteiger partial charge in [-0.3, -0.25) is 0 Å². The van der Waals surface area contributed by atoms with Crippen molar-refractivity contribution < 1.29 is 9.53 Å². The molecule has 88 valence electrons. The normalized spacial score (nSPS) is 11.9. The number of hydrogen-bond donors (Lipinski definition) is 2. The average Bonchev–Trinajstić information content (AvgIpc) is 2.16. The Kier molecular flexibility index (Phi) is 4.04. The van der Waals surface area contributed by atoms with Crippen molar-refractivity contribution in [3.05, 3.63) is 11.9 Å². The van der Waals surface area contributed by atoms with Gasteiger partial charge in [0, 0.05) is 6.07 Å². The summed E-state index contributed by atoms with van der Waals surface area (Å²) in [6.07, 6.45) is 0. The molecule has 6 heteroatoms. The monoisotopic (exact) mass is 224 g/mol. The molecule has 0 amide bonds. The Bertz CT molecular complexity index is 361. The topological polar surface area (TPSA) is 90.1 Å². The van der Waals surface area contributed by atoms with Gasteiger partial charge < -0.3 is 15.8 Å². The minimum Gasteiger partial charge on any atom is -0.464 e. The second-order valence-electron chi connectivity index (χ2n) is 3.34. The van der Waals surface area contributed by atoms with Gasteiger partial charge >= 0.3 is 5.97 Å². The first-order valence-electron chi connectivity index (χ1n) is 5.07. The Balaban J connectivity index is 2.69. The van der Waals surface area contributed by atoms with E-state index in [0.717, 1.165) is 0 Å². The minimum absolute atomic E-state index is 0.322. The third kappa shape index (κ3) is 3.38. The molecule has 0 fully saturated rings. The largest absolute Gasteiger partial charge is 0.464 e. The van der Waals surface area contributed by atoms with Crippen molar-refractivity contribution >= 4 is 17.6 Å². The van der Waals surface area contributed by atoms with Crippen molar-refractivity contribution in [2.45, 2.75) is 26.8 Å². The predicted octanol–water partition coefficient (Wildman–Crippen LogP) is 0.731. The molecule has 16 heavy (non-hydrogen) atoms. The third-order valence-corrected chi connectivity index (χ3v) is 1.86. The molecule has 0 saturated carbocycles. The molecule has 0 radical (unpaired) electrons. The van der Waals surface area contributed by atoms with Crippen molar-refractivity contribution in [2.75, 3.05) is 17.7 Å². The first-order valence-corrected chi connectivity index (χ1v) is 5.07. The Hall–Kier alpha value is -1.85. The van der Waals surface area contributed by atoms with Crippen LogP contribution in [0.25, 0.3) is 0 Å². The summed E-state index contributed by atoms with van der Waals surface area (Å²) in [6.45, 7) is 5.55. The van der Waals surface area contributed by atoms with Crippen LogP contribution in [-0.4, -0.2) is 28.6 Å². The number of nitrogens with zero attached hydrogens (tertiary/aromatic N) is 2. The van der Waals surface area contributed by atoms with Gasteiger partial charge in [-0.15, -0.1) is 0 Å². The molecule has 0 spiro atoms. The maximum absolute atomic E-state index is 11.4. The van der Waals surface area contributed by atoms with E-state index in [4.69, 9.17) is 10.5 Å². The van der Waals surface area contributed by atoms with E-state index in [0.29, 0.717) is 24.1 Å². The highest BCUT2D eigenvalue weighted by Gasteiger charge is 2.14. The SMILES string of the molecule is CCOC(=O)C(C)Nc1cc(N)nc(C)n1. The zero-order chi connectivity index (χ0) is 12.1. The van der Waals surface area contributed by atoms with Crippen molar-refractivity contribution in [1.29, 1.82) is 0 Å². The van der Waals surface area contributed by atoms with Gasteiger partial charge in [0.05, 0.1) is 6.61 Å². The summed E-state index contributed by atoms with van der Waals surface area (Å²) in [4.78, 5) is 19.4. The number of nitrogens with one attached hydrogen (secondary N) is 1. The molecule has 0 aliphatic carbocycles. The number of aryl methyl sites for hydroxylation is 1. The number of nitrogen functional groups attached to an aromatic ring is 1. The van der Waals surface area contributed by atoms with Gasteiger partial charge in [0.1, 0.15) is 23.5 Å². The van der Waals surface area contributed by atoms with E-state index in [-0.39, 0.29) is 5.97 Å². The maximum atomic E-state index is 11.4. The van der Waals surface area contributed by atoms with E-state index < -0.39 is 6.04 Å². The number of rotatable bonds is 4. The lowest BCUT2D eigenvalue weighted by Crippen LogP contribution is -2.28. The fourth-order valence-corrected chi connectivity index (χ4v) is 1.21. The van der Waals surface area contributed by atoms with Crippen LogP contribution < -0.4 is 11.1 Å². The summed E-state index contributed by atoms with van der Waals surface area (Å²) < 4.78 is 4.86. The van der Waals surface area contributed by atoms with Gasteiger partial charge in [0.15, 0.2) is 0 Å². The molecule has 0 saturated heterocycles. The van der Waals surface area contributed by atoms with Gasteiger partial charge in [-0.25, -0.2) is 14.8 Å². The van der Waals surface area contributed by atoms with Crippen LogP contribution in [0, 0.1) is 6.92 Å². The molecule has 0 aliphatic rings. The molecule has 0 aromatic carbocycles. The molecule has 3 N–H and O–H groups in total. The van der Waals surface area contributed by atoms with Crippen molar-refractivity contribution in [2.24, 2.45) is 0 Å². The van der Waals surface area contributed by atoms with Gasteiger partial charge in [0.25, 0.3) is 0 Å². The van der Waals surface area contributed by atoms with E-state index in [2.05, 4.69) is 15.3 Å². The number of carbonyl (C=O) groups excluding carboxylic acids is 1. The van der Waals surface area contributed by atoms with Gasteiger partial charge in [-0.05, 0) is 20.8 Å². The molecule has 1 atom stereocenters. The van der Waals surface area contributed by atoms with Crippen LogP contribution in [0.5, 0.6) is 0 Å². The number of carbonyl (C=O) groups is 1. The second-order valence-corrected chi connectivity index (χ2v) is 3.34. The summed E-state index contributed by atoms with van der Waals surface area (Å²) in [5, 5.41) is 2.90. The molecular formula is C10H16N4O2. The summed E-state index contributed by atoms with van der Waals surface area (Å²) in [5.41, 5.74) is 5.56. The molecule has 1 heterocycles. The molecule has 0 aliphatic heterocycles. The van der Waals surface area contributed by atoms with E-state index in [9.17, 15) is 4.79 Å². The predicted molar refractivity (Wildman–Crippen MR) is 60.9 cm³/mol. The number of anilines is 2. The lowest BCUT2D eigenvalue weighted by molar-refractivity contribution is -0.143. The highest BCUT2D eigenvalue weighted by atomic mass is 16.5. The summed E-state index contributed by atoms with van der Waals surface area (Å²) in [7, 11) is 0. The van der Waals surface area contributed by atoms with Gasteiger partial charge in [-0.1, -0.05) is 0 Å². The highest BCUT2D eigenvalue weighted by Crippen LogP contribution is 2.09. The highest BCUT2D eigenvalue weighted by molar-refractivity contribution is 5.78. The van der Waals surface area contributed by atoms with E-state index in [1.807, 2.05) is 0 Å². The maximum Gasteiger partial charge on any atom is 0.328 e. The van der Waals surface area contributed by atoms with Crippen molar-refractivity contribution in [3.8, 4) is 0 Å². The van der Waals surface area contributed by atoms with E-state index >= 15 is 0 Å². The van der Waals surface area contributed by atoms with Crippen LogP contribution in [0.3, 0.4) is 0 Å². The zero-order valence-electron chi connectivity index (χ0n) is 9.65. The van der Waals surface area contributed by atoms with Crippen LogP contribution >= 0.6 is 0 Å². The second kappa shape index (κ2) is 5.29. The fourth-order valence-electron chi connectivity index (χ4n) is 1.21. The molecule has 1 aromatic heterocycles. The minimum atomic E-state index is -0.464. The van der Waals surface area contributed by atoms with Crippen LogP contribution in [0.2, 0.25) is 0 Å². The number of ether oxygens (including phenoxy) is 1. The number of esters is 1. The summed E-state index contributed by atoms with van der Waals surface area (Å²) in [5.74, 6) is 1.12. The Morgan fingerprint density at radius 1 is 1.62 bits per heavy atom. The molecule has 1 aromatic rings. The van der Waals surface area contributed by atoms with Crippen molar-refractivity contribution in [1.82, 2.24) is 9.97 Å². The summed E-state index contributed by atoms with van der Waals surface area (Å²) in [6, 6.07) is 1.11. The van der Waals surface area contributed by atoms with Crippen LogP contribution in [0.15, 0.2) is 6.07 Å². The average molecular weight is 224 g/mol. The quantitative estimate of drug-likeness (QED) is 0.733. The third-order valence-electron chi connectivity index (χ3n) is 1.86. The van der Waals surface area contributed by atoms with Gasteiger partial charge in [0.2, 0.25) is 0 Å². The smallest absolute Gasteiger partial charge is 0.328 e. The Morgan fingerprint density at radius 2 is 2.31 bits per heavy atom. The molecule has 1 unspecified atom stereocenters. The molecular weight excluding hydrogens is 208 g/mol. The fraction of sp³-hybridized carbons (Fsp3) is 0.500. The lowest BCUT2D eigenvalue weighted by Gasteiger charge is -2.13. The van der Waals surface area contributed by atoms with Crippen molar-refractivity contribution in [3.63, 3.8) is 0 Å².